The summed E-state index contributed by atoms with van der Waals surface area (Å²) in [6, 6.07) is 14.5. The van der Waals surface area contributed by atoms with E-state index in [-0.39, 0.29) is 23.5 Å². The molecular weight excluding hydrogens is 379 g/mol. The fourth-order valence-electron chi connectivity index (χ4n) is 4.80. The van der Waals surface area contributed by atoms with Crippen molar-refractivity contribution in [2.45, 2.75) is 38.5 Å². The lowest BCUT2D eigenvalue weighted by Crippen LogP contribution is -2.55. The molecule has 1 atom stereocenters. The molecule has 2 aromatic carbocycles. The van der Waals surface area contributed by atoms with Crippen molar-refractivity contribution in [3.05, 3.63) is 59.9 Å². The first-order chi connectivity index (χ1) is 14.5. The van der Waals surface area contributed by atoms with E-state index in [0.717, 1.165) is 49.8 Å². The van der Waals surface area contributed by atoms with Crippen molar-refractivity contribution >= 4 is 11.8 Å². The number of carbonyl (C=O) groups is 2. The highest BCUT2D eigenvalue weighted by atomic mass is 19.1. The number of benzene rings is 2. The maximum atomic E-state index is 14.1. The molecule has 4 nitrogen and oxygen atoms in total. The number of piperidine rings is 1. The maximum Gasteiger partial charge on any atom is 0.228 e. The minimum atomic E-state index is -0.619. The molecule has 1 N–H and O–H groups in total. The molecule has 0 bridgehead atoms. The Kier molecular flexibility index (Phi) is 5.89. The smallest absolute Gasteiger partial charge is 0.228 e. The molecule has 2 aliphatic rings. The number of likely N-dealkylation sites (tertiary alicyclic amines) is 1. The van der Waals surface area contributed by atoms with Crippen LogP contribution in [0.1, 0.15) is 37.7 Å². The van der Waals surface area contributed by atoms with Gasteiger partial charge in [0.1, 0.15) is 5.82 Å². The lowest BCUT2D eigenvalue weighted by molar-refractivity contribution is -0.146. The van der Waals surface area contributed by atoms with Crippen LogP contribution in [0.3, 0.4) is 0 Å². The highest BCUT2D eigenvalue weighted by Crippen LogP contribution is 2.37. The first-order valence-corrected chi connectivity index (χ1v) is 10.9. The van der Waals surface area contributed by atoms with Crippen LogP contribution in [0.4, 0.5) is 4.39 Å². The van der Waals surface area contributed by atoms with Crippen LogP contribution in [0, 0.1) is 17.2 Å². The van der Waals surface area contributed by atoms with E-state index in [9.17, 15) is 14.0 Å². The summed E-state index contributed by atoms with van der Waals surface area (Å²) in [6.07, 6.45) is 5.23. The van der Waals surface area contributed by atoms with Crippen LogP contribution in [0.25, 0.3) is 11.1 Å². The van der Waals surface area contributed by atoms with Crippen LogP contribution in [-0.2, 0) is 16.0 Å². The van der Waals surface area contributed by atoms with Gasteiger partial charge in [0.25, 0.3) is 0 Å². The van der Waals surface area contributed by atoms with E-state index in [1.54, 1.807) is 19.2 Å². The van der Waals surface area contributed by atoms with Gasteiger partial charge < -0.3 is 10.2 Å². The number of nitrogens with one attached hydrogen (secondary N) is 1. The fourth-order valence-corrected chi connectivity index (χ4v) is 4.80. The Labute approximate surface area is 177 Å². The SMILES string of the molecule is CNC(=O)[C@]1(Cc2ccc(-c3ccccc3F)cc2)CCCN(C(=O)C2CCC2)C1. The normalized spacial score (nSPS) is 21.7. The van der Waals surface area contributed by atoms with Gasteiger partial charge in [-0.15, -0.1) is 0 Å². The second-order valence-electron chi connectivity index (χ2n) is 8.70. The molecule has 158 valence electrons. The topological polar surface area (TPSA) is 49.4 Å². The van der Waals surface area contributed by atoms with Crippen molar-refractivity contribution in [3.8, 4) is 11.1 Å². The van der Waals surface area contributed by atoms with Gasteiger partial charge in [-0.2, -0.15) is 0 Å². The minimum Gasteiger partial charge on any atom is -0.359 e. The third-order valence-corrected chi connectivity index (χ3v) is 6.73. The molecule has 1 aliphatic carbocycles. The Bertz CT molecular complexity index is 923. The van der Waals surface area contributed by atoms with E-state index >= 15 is 0 Å². The molecule has 1 saturated carbocycles. The Balaban J connectivity index is 1.55. The van der Waals surface area contributed by atoms with Crippen molar-refractivity contribution in [2.75, 3.05) is 20.1 Å². The molecule has 1 saturated heterocycles. The van der Waals surface area contributed by atoms with Crippen molar-refractivity contribution in [1.82, 2.24) is 10.2 Å². The zero-order valence-corrected chi connectivity index (χ0v) is 17.5. The van der Waals surface area contributed by atoms with Gasteiger partial charge in [-0.05, 0) is 49.3 Å². The molecule has 1 aliphatic heterocycles. The second kappa shape index (κ2) is 8.58. The third kappa shape index (κ3) is 3.98. The lowest BCUT2D eigenvalue weighted by Gasteiger charge is -2.43. The number of nitrogens with zero attached hydrogens (tertiary/aromatic N) is 1. The number of halogens is 1. The first kappa shape index (κ1) is 20.6. The summed E-state index contributed by atoms with van der Waals surface area (Å²) in [5.41, 5.74) is 1.79. The summed E-state index contributed by atoms with van der Waals surface area (Å²) in [4.78, 5) is 27.7. The lowest BCUT2D eigenvalue weighted by atomic mass is 9.73. The third-order valence-electron chi connectivity index (χ3n) is 6.73. The number of hydrogen-bond acceptors (Lipinski definition) is 2. The van der Waals surface area contributed by atoms with E-state index in [0.29, 0.717) is 18.5 Å². The predicted octanol–water partition coefficient (Wildman–Crippen LogP) is 4.19. The summed E-state index contributed by atoms with van der Waals surface area (Å²) < 4.78 is 14.1. The summed E-state index contributed by atoms with van der Waals surface area (Å²) in [6.45, 7) is 1.21. The number of hydrogen-bond donors (Lipinski definition) is 1. The van der Waals surface area contributed by atoms with Gasteiger partial charge in [0.15, 0.2) is 0 Å². The monoisotopic (exact) mass is 408 g/mol. The van der Waals surface area contributed by atoms with Crippen LogP contribution in [-0.4, -0.2) is 36.9 Å². The van der Waals surface area contributed by atoms with Gasteiger partial charge in [0.05, 0.1) is 5.41 Å². The zero-order valence-electron chi connectivity index (χ0n) is 17.5. The Morgan fingerprint density at radius 3 is 2.47 bits per heavy atom. The molecule has 30 heavy (non-hydrogen) atoms. The highest BCUT2D eigenvalue weighted by Gasteiger charge is 2.44. The molecule has 0 aromatic heterocycles. The van der Waals surface area contributed by atoms with E-state index in [1.165, 1.54) is 6.07 Å². The van der Waals surface area contributed by atoms with Crippen molar-refractivity contribution in [2.24, 2.45) is 11.3 Å². The van der Waals surface area contributed by atoms with Crippen LogP contribution >= 0.6 is 0 Å². The molecule has 1 heterocycles. The molecule has 2 aromatic rings. The molecule has 0 spiro atoms. The van der Waals surface area contributed by atoms with Gasteiger partial charge in [0.2, 0.25) is 11.8 Å². The summed E-state index contributed by atoms with van der Waals surface area (Å²) in [7, 11) is 1.66. The Hall–Kier alpha value is -2.69. The first-order valence-electron chi connectivity index (χ1n) is 10.9. The van der Waals surface area contributed by atoms with Crippen LogP contribution in [0.2, 0.25) is 0 Å². The number of rotatable bonds is 5. The average Bonchev–Trinajstić information content (AvgIpc) is 2.73. The largest absolute Gasteiger partial charge is 0.359 e. The van der Waals surface area contributed by atoms with Crippen molar-refractivity contribution in [3.63, 3.8) is 0 Å². The Morgan fingerprint density at radius 1 is 1.10 bits per heavy atom. The summed E-state index contributed by atoms with van der Waals surface area (Å²) in [5.74, 6) is 0.103. The fraction of sp³-hybridized carbons (Fsp3) is 0.440. The van der Waals surface area contributed by atoms with E-state index in [2.05, 4.69) is 5.32 Å². The van der Waals surface area contributed by atoms with Gasteiger partial charge >= 0.3 is 0 Å². The second-order valence-corrected chi connectivity index (χ2v) is 8.70. The molecule has 5 heteroatoms. The number of amides is 2. The minimum absolute atomic E-state index is 0.00760. The average molecular weight is 409 g/mol. The molecule has 2 fully saturated rings. The molecule has 4 rings (SSSR count). The quantitative estimate of drug-likeness (QED) is 0.807. The van der Waals surface area contributed by atoms with Crippen molar-refractivity contribution in [1.29, 1.82) is 0 Å². The van der Waals surface area contributed by atoms with Crippen molar-refractivity contribution < 1.29 is 14.0 Å². The Morgan fingerprint density at radius 2 is 1.83 bits per heavy atom. The van der Waals surface area contributed by atoms with Gasteiger partial charge in [-0.3, -0.25) is 9.59 Å². The molecule has 0 radical (unpaired) electrons. The zero-order chi connectivity index (χ0) is 21.1. The van der Waals surface area contributed by atoms with Gasteiger partial charge in [-0.25, -0.2) is 4.39 Å². The summed E-state index contributed by atoms with van der Waals surface area (Å²) in [5, 5.41) is 2.83. The van der Waals surface area contributed by atoms with Crippen LogP contribution in [0.5, 0.6) is 0 Å². The van der Waals surface area contributed by atoms with Gasteiger partial charge in [0, 0.05) is 31.6 Å². The van der Waals surface area contributed by atoms with Crippen LogP contribution < -0.4 is 5.32 Å². The van der Waals surface area contributed by atoms with E-state index in [1.807, 2.05) is 35.2 Å². The summed E-state index contributed by atoms with van der Waals surface area (Å²) >= 11 is 0. The van der Waals surface area contributed by atoms with E-state index in [4.69, 9.17) is 0 Å². The van der Waals surface area contributed by atoms with Crippen LogP contribution in [0.15, 0.2) is 48.5 Å². The van der Waals surface area contributed by atoms with Gasteiger partial charge in [-0.1, -0.05) is 48.9 Å². The highest BCUT2D eigenvalue weighted by molar-refractivity contribution is 5.85. The maximum absolute atomic E-state index is 14.1. The van der Waals surface area contributed by atoms with E-state index < -0.39 is 5.41 Å². The number of carbonyl (C=O) groups excluding carboxylic acids is 2. The molecular formula is C25H29FN2O2. The molecule has 2 amide bonds. The molecule has 0 unspecified atom stereocenters. The standard InChI is InChI=1S/C25H29FN2O2/c1-27-24(30)25(14-5-15-28(17-25)23(29)20-6-4-7-20)16-18-10-12-19(13-11-18)21-8-2-3-9-22(21)26/h2-3,8-13,20H,4-7,14-17H2,1H3,(H,27,30)/t25-/m0/s1. The predicted molar refractivity (Wildman–Crippen MR) is 115 cm³/mol.